The molecule has 0 atom stereocenters. The van der Waals surface area contributed by atoms with Crippen molar-refractivity contribution in [3.05, 3.63) is 91.9 Å². The zero-order valence-electron chi connectivity index (χ0n) is 17.0. The lowest BCUT2D eigenvalue weighted by atomic mass is 9.87. The molecule has 0 amide bonds. The lowest BCUT2D eigenvalue weighted by Crippen LogP contribution is -2.59. The first-order chi connectivity index (χ1) is 15.8. The first kappa shape index (κ1) is 23.3. The van der Waals surface area contributed by atoms with Crippen LogP contribution >= 0.6 is 0 Å². The van der Waals surface area contributed by atoms with Crippen molar-refractivity contribution in [2.24, 2.45) is 4.99 Å². The van der Waals surface area contributed by atoms with Crippen LogP contribution in [0.1, 0.15) is 16.7 Å². The van der Waals surface area contributed by atoms with E-state index in [-0.39, 0.29) is 10.1 Å². The lowest BCUT2D eigenvalue weighted by molar-refractivity contribution is -0.301. The fourth-order valence-electron chi connectivity index (χ4n) is 3.64. The van der Waals surface area contributed by atoms with Crippen molar-refractivity contribution in [1.29, 1.82) is 0 Å². The van der Waals surface area contributed by atoms with Crippen LogP contribution in [0.25, 0.3) is 5.69 Å². The highest BCUT2D eigenvalue weighted by Gasteiger charge is 2.75. The molecular formula is C21H13F7N4O2. The molecule has 0 aliphatic carbocycles. The largest absolute Gasteiger partial charge is 0.427 e. The van der Waals surface area contributed by atoms with Crippen molar-refractivity contribution in [2.45, 2.75) is 24.8 Å². The summed E-state index contributed by atoms with van der Waals surface area (Å²) in [6.45, 7) is 1.64. The van der Waals surface area contributed by atoms with Crippen LogP contribution in [-0.2, 0) is 5.54 Å². The van der Waals surface area contributed by atoms with Crippen molar-refractivity contribution in [3.8, 4) is 5.69 Å². The quantitative estimate of drug-likeness (QED) is 0.534. The Hall–Kier alpha value is -3.90. The molecule has 2 aromatic carbocycles. The van der Waals surface area contributed by atoms with Crippen LogP contribution in [0.5, 0.6) is 0 Å². The van der Waals surface area contributed by atoms with Crippen molar-refractivity contribution in [2.75, 3.05) is 5.32 Å². The Morgan fingerprint density at radius 3 is 2.06 bits per heavy atom. The van der Waals surface area contributed by atoms with Gasteiger partial charge in [0.1, 0.15) is 23.0 Å². The molecule has 0 unspecified atom stereocenters. The molecule has 2 heterocycles. The number of para-hydroxylation sites is 1. The number of fused-ring (bicyclic) bond motifs is 1. The number of aryl methyl sites for hydroxylation is 1. The van der Waals surface area contributed by atoms with Crippen molar-refractivity contribution in [1.82, 2.24) is 9.55 Å². The van der Waals surface area contributed by atoms with E-state index < -0.39 is 57.9 Å². The van der Waals surface area contributed by atoms with E-state index in [9.17, 15) is 40.3 Å². The predicted molar refractivity (Wildman–Crippen MR) is 108 cm³/mol. The van der Waals surface area contributed by atoms with E-state index in [2.05, 4.69) is 10.3 Å². The molecular weight excluding hydrogens is 473 g/mol. The number of anilines is 1. The van der Waals surface area contributed by atoms with Crippen LogP contribution in [0.2, 0.25) is 0 Å². The molecule has 0 saturated carbocycles. The van der Waals surface area contributed by atoms with Crippen molar-refractivity contribution >= 4 is 11.7 Å². The summed E-state index contributed by atoms with van der Waals surface area (Å²) in [6, 6.07) is 9.46. The number of aromatic amines is 1. The minimum atomic E-state index is -6.16. The molecule has 0 saturated heterocycles. The van der Waals surface area contributed by atoms with Crippen LogP contribution in [0, 0.1) is 12.7 Å². The van der Waals surface area contributed by atoms with E-state index in [1.165, 1.54) is 41.4 Å². The summed E-state index contributed by atoms with van der Waals surface area (Å²) < 4.78 is 100. The lowest BCUT2D eigenvalue weighted by Gasteiger charge is -2.38. The van der Waals surface area contributed by atoms with Gasteiger partial charge in [0.2, 0.25) is 0 Å². The van der Waals surface area contributed by atoms with Crippen LogP contribution in [-0.4, -0.2) is 27.7 Å². The van der Waals surface area contributed by atoms with Gasteiger partial charge in [-0.05, 0) is 19.1 Å². The Balaban J connectivity index is 2.20. The van der Waals surface area contributed by atoms with E-state index in [1.807, 2.05) is 0 Å². The summed E-state index contributed by atoms with van der Waals surface area (Å²) in [7, 11) is 0. The molecule has 3 aromatic rings. The second kappa shape index (κ2) is 7.57. The Bertz CT molecular complexity index is 1400. The molecule has 2 N–H and O–H groups in total. The van der Waals surface area contributed by atoms with Crippen molar-refractivity contribution in [3.63, 3.8) is 0 Å². The maximum absolute atomic E-state index is 14.5. The first-order valence-electron chi connectivity index (χ1n) is 9.50. The number of alkyl halides is 6. The van der Waals surface area contributed by atoms with E-state index in [1.54, 1.807) is 6.92 Å². The third-order valence-corrected chi connectivity index (χ3v) is 5.23. The number of aromatic nitrogens is 2. The predicted octanol–water partition coefficient (Wildman–Crippen LogP) is 4.17. The van der Waals surface area contributed by atoms with Gasteiger partial charge in [0.05, 0.1) is 5.69 Å². The average molecular weight is 486 g/mol. The first-order valence-corrected chi connectivity index (χ1v) is 9.50. The molecule has 34 heavy (non-hydrogen) atoms. The molecule has 1 aliphatic heterocycles. The van der Waals surface area contributed by atoms with Gasteiger partial charge in [0.15, 0.2) is 0 Å². The van der Waals surface area contributed by atoms with Gasteiger partial charge in [-0.15, -0.1) is 0 Å². The SMILES string of the molecule is Cc1ccc(C2=NC(C(F)(F)F)(C(F)(F)F)c3c(n(-c4ccccc4F)c(=O)[nH]c3=O)N2)cc1. The summed E-state index contributed by atoms with van der Waals surface area (Å²) in [5.41, 5.74) is -10.6. The van der Waals surface area contributed by atoms with Crippen LogP contribution in [0.15, 0.2) is 63.1 Å². The zero-order chi connectivity index (χ0) is 25.1. The molecule has 4 rings (SSSR count). The zero-order valence-corrected chi connectivity index (χ0v) is 17.0. The second-order valence-corrected chi connectivity index (χ2v) is 7.43. The molecule has 0 spiro atoms. The van der Waals surface area contributed by atoms with Crippen LogP contribution < -0.4 is 16.6 Å². The van der Waals surface area contributed by atoms with Gasteiger partial charge in [0, 0.05) is 5.56 Å². The fraction of sp³-hybridized carbons (Fsp3) is 0.190. The van der Waals surface area contributed by atoms with E-state index in [0.717, 1.165) is 12.1 Å². The number of H-pyrrole nitrogens is 1. The van der Waals surface area contributed by atoms with Crippen LogP contribution in [0.3, 0.4) is 0 Å². The van der Waals surface area contributed by atoms with Gasteiger partial charge in [-0.3, -0.25) is 9.78 Å². The third-order valence-electron chi connectivity index (χ3n) is 5.23. The minimum absolute atomic E-state index is 0.193. The van der Waals surface area contributed by atoms with Crippen molar-refractivity contribution < 1.29 is 30.7 Å². The van der Waals surface area contributed by atoms with Gasteiger partial charge in [-0.25, -0.2) is 18.7 Å². The highest BCUT2D eigenvalue weighted by atomic mass is 19.4. The van der Waals surface area contributed by atoms with E-state index in [4.69, 9.17) is 0 Å². The third kappa shape index (κ3) is 3.38. The standard InChI is InChI=1S/C21H13F7N4O2/c1-10-6-8-11(9-7-10)15-29-16-14(19(31-15,20(23,24)25)21(26,27)28)17(33)30-18(34)32(16)13-5-3-2-4-12(13)22/h2-9H,1H3,(H,29,31)(H,30,33,34). The molecule has 0 bridgehead atoms. The smallest absolute Gasteiger partial charge is 0.325 e. The number of hydrogen-bond acceptors (Lipinski definition) is 4. The normalized spacial score (nSPS) is 15.4. The molecule has 178 valence electrons. The highest BCUT2D eigenvalue weighted by molar-refractivity contribution is 6.10. The number of amidine groups is 1. The average Bonchev–Trinajstić information content (AvgIpc) is 2.73. The molecule has 1 aromatic heterocycles. The summed E-state index contributed by atoms with van der Waals surface area (Å²) in [4.78, 5) is 29.4. The van der Waals surface area contributed by atoms with Gasteiger partial charge < -0.3 is 5.32 Å². The highest BCUT2D eigenvalue weighted by Crippen LogP contribution is 2.55. The Morgan fingerprint density at radius 2 is 1.50 bits per heavy atom. The minimum Gasteiger partial charge on any atom is -0.325 e. The maximum atomic E-state index is 14.5. The maximum Gasteiger partial charge on any atom is 0.427 e. The van der Waals surface area contributed by atoms with Gasteiger partial charge >= 0.3 is 18.0 Å². The van der Waals surface area contributed by atoms with Gasteiger partial charge in [-0.2, -0.15) is 26.3 Å². The second-order valence-electron chi connectivity index (χ2n) is 7.43. The number of benzene rings is 2. The van der Waals surface area contributed by atoms with Crippen LogP contribution in [0.4, 0.5) is 36.6 Å². The number of nitrogens with zero attached hydrogens (tertiary/aromatic N) is 2. The summed E-state index contributed by atoms with van der Waals surface area (Å²) in [6.07, 6.45) is -12.3. The fourth-order valence-corrected chi connectivity index (χ4v) is 3.64. The number of rotatable bonds is 2. The number of hydrogen-bond donors (Lipinski definition) is 2. The Kier molecular flexibility index (Phi) is 5.18. The van der Waals surface area contributed by atoms with E-state index >= 15 is 0 Å². The Labute approximate surface area is 185 Å². The summed E-state index contributed by atoms with van der Waals surface area (Å²) >= 11 is 0. The number of nitrogens with one attached hydrogen (secondary N) is 2. The topological polar surface area (TPSA) is 79.2 Å². The Morgan fingerprint density at radius 1 is 0.912 bits per heavy atom. The van der Waals surface area contributed by atoms with E-state index in [0.29, 0.717) is 5.56 Å². The molecule has 1 aliphatic rings. The van der Waals surface area contributed by atoms with Gasteiger partial charge in [-0.1, -0.05) is 42.0 Å². The molecule has 13 heteroatoms. The summed E-state index contributed by atoms with van der Waals surface area (Å²) in [5, 5.41) is 2.23. The number of halogens is 7. The molecule has 6 nitrogen and oxygen atoms in total. The summed E-state index contributed by atoms with van der Waals surface area (Å²) in [5.74, 6) is -3.26. The monoisotopic (exact) mass is 486 g/mol. The molecule has 0 radical (unpaired) electrons. The molecule has 0 fully saturated rings. The van der Waals surface area contributed by atoms with Gasteiger partial charge in [0.25, 0.3) is 11.1 Å². The number of aliphatic imine (C=N–C) groups is 1.